The Labute approximate surface area is 162 Å². The maximum Gasteiger partial charge on any atom is 0.416 e. The fourth-order valence-corrected chi connectivity index (χ4v) is 2.61. The van der Waals surface area contributed by atoms with E-state index >= 15 is 0 Å². The van der Waals surface area contributed by atoms with E-state index in [2.05, 4.69) is 5.32 Å². The molecule has 0 aliphatic rings. The summed E-state index contributed by atoms with van der Waals surface area (Å²) in [5.74, 6) is -2.49. The van der Waals surface area contributed by atoms with Gasteiger partial charge in [-0.15, -0.1) is 0 Å². The molecule has 3 aromatic carbocycles. The normalized spacial score (nSPS) is 11.2. The highest BCUT2D eigenvalue weighted by Gasteiger charge is 2.30. The van der Waals surface area contributed by atoms with E-state index in [-0.39, 0.29) is 17.0 Å². The summed E-state index contributed by atoms with van der Waals surface area (Å²) in [5.41, 5.74) is -0.440. The zero-order valence-electron chi connectivity index (χ0n) is 14.8. The summed E-state index contributed by atoms with van der Waals surface area (Å²) in [6.45, 7) is -0.573. The number of ether oxygens (including phenoxy) is 1. The van der Waals surface area contributed by atoms with E-state index in [1.54, 1.807) is 30.3 Å². The van der Waals surface area contributed by atoms with Crippen LogP contribution >= 0.6 is 0 Å². The predicted molar refractivity (Wildman–Crippen MR) is 97.4 cm³/mol. The molecule has 29 heavy (non-hydrogen) atoms. The number of halogens is 5. The summed E-state index contributed by atoms with van der Waals surface area (Å²) in [7, 11) is 0. The van der Waals surface area contributed by atoms with Crippen LogP contribution in [0.2, 0.25) is 0 Å². The lowest BCUT2D eigenvalue weighted by Gasteiger charge is -2.14. The molecule has 0 aromatic heterocycles. The Hall–Kier alpha value is -3.42. The molecule has 0 unspecified atom stereocenters. The average Bonchev–Trinajstić information content (AvgIpc) is 2.68. The van der Waals surface area contributed by atoms with Crippen LogP contribution in [-0.4, -0.2) is 12.5 Å². The number of anilines is 1. The lowest BCUT2D eigenvalue weighted by Crippen LogP contribution is -2.21. The topological polar surface area (TPSA) is 38.3 Å². The summed E-state index contributed by atoms with van der Waals surface area (Å²) in [4.78, 5) is 12.2. The van der Waals surface area contributed by atoms with Crippen LogP contribution in [0, 0.1) is 11.6 Å². The van der Waals surface area contributed by atoms with Crippen LogP contribution in [0.15, 0.2) is 66.7 Å². The highest BCUT2D eigenvalue weighted by Crippen LogP contribution is 2.32. The molecule has 1 N–H and O–H groups in total. The molecule has 0 fully saturated rings. The molecule has 0 spiro atoms. The van der Waals surface area contributed by atoms with Crippen molar-refractivity contribution < 1.29 is 31.5 Å². The highest BCUT2D eigenvalue weighted by molar-refractivity contribution is 5.96. The molecule has 1 amide bonds. The van der Waals surface area contributed by atoms with Crippen LogP contribution in [0.4, 0.5) is 27.6 Å². The van der Waals surface area contributed by atoms with Crippen molar-refractivity contribution in [3.63, 3.8) is 0 Å². The third kappa shape index (κ3) is 5.10. The quantitative estimate of drug-likeness (QED) is 0.554. The van der Waals surface area contributed by atoms with E-state index in [1.165, 1.54) is 0 Å². The number of alkyl halides is 3. The number of hydrogen-bond donors (Lipinski definition) is 1. The number of nitrogens with one attached hydrogen (secondary N) is 1. The average molecular weight is 407 g/mol. The smallest absolute Gasteiger partial charge is 0.416 e. The van der Waals surface area contributed by atoms with Crippen molar-refractivity contribution in [2.75, 3.05) is 11.9 Å². The third-order valence-electron chi connectivity index (χ3n) is 3.96. The Kier molecular flexibility index (Phi) is 5.81. The van der Waals surface area contributed by atoms with Crippen molar-refractivity contribution in [1.82, 2.24) is 0 Å². The lowest BCUT2D eigenvalue weighted by molar-refractivity contribution is -0.137. The van der Waals surface area contributed by atoms with Gasteiger partial charge in [-0.05, 0) is 35.9 Å². The van der Waals surface area contributed by atoms with Gasteiger partial charge < -0.3 is 10.1 Å². The van der Waals surface area contributed by atoms with Crippen molar-refractivity contribution in [2.24, 2.45) is 0 Å². The molecule has 0 atom stereocenters. The SMILES string of the molecule is O=C(COc1ccc(C(F)(F)F)cc1)Nc1c(F)cc(F)cc1-c1ccccc1. The van der Waals surface area contributed by atoms with Gasteiger partial charge in [0, 0.05) is 11.6 Å². The first-order valence-corrected chi connectivity index (χ1v) is 8.38. The Morgan fingerprint density at radius 2 is 1.59 bits per heavy atom. The van der Waals surface area contributed by atoms with Gasteiger partial charge >= 0.3 is 6.18 Å². The van der Waals surface area contributed by atoms with E-state index in [4.69, 9.17) is 4.74 Å². The summed E-state index contributed by atoms with van der Waals surface area (Å²) in [6.07, 6.45) is -4.48. The van der Waals surface area contributed by atoms with Crippen molar-refractivity contribution in [1.29, 1.82) is 0 Å². The zero-order chi connectivity index (χ0) is 21.0. The zero-order valence-corrected chi connectivity index (χ0v) is 14.8. The van der Waals surface area contributed by atoms with Crippen LogP contribution in [-0.2, 0) is 11.0 Å². The first kappa shape index (κ1) is 20.3. The molecule has 0 aliphatic carbocycles. The first-order valence-electron chi connectivity index (χ1n) is 8.38. The van der Waals surface area contributed by atoms with Crippen LogP contribution < -0.4 is 10.1 Å². The minimum atomic E-state index is -4.48. The van der Waals surface area contributed by atoms with E-state index in [9.17, 15) is 26.7 Å². The highest BCUT2D eigenvalue weighted by atomic mass is 19.4. The van der Waals surface area contributed by atoms with Crippen molar-refractivity contribution in [3.8, 4) is 16.9 Å². The number of benzene rings is 3. The fourth-order valence-electron chi connectivity index (χ4n) is 2.61. The van der Waals surface area contributed by atoms with Crippen molar-refractivity contribution >= 4 is 11.6 Å². The number of amides is 1. The molecule has 3 rings (SSSR count). The second-order valence-corrected chi connectivity index (χ2v) is 6.04. The van der Waals surface area contributed by atoms with Gasteiger partial charge in [0.1, 0.15) is 17.4 Å². The van der Waals surface area contributed by atoms with E-state index in [0.717, 1.165) is 30.3 Å². The molecule has 0 heterocycles. The Balaban J connectivity index is 1.73. The lowest BCUT2D eigenvalue weighted by atomic mass is 10.0. The van der Waals surface area contributed by atoms with Crippen molar-refractivity contribution in [2.45, 2.75) is 6.18 Å². The number of carbonyl (C=O) groups is 1. The first-order chi connectivity index (χ1) is 13.7. The Morgan fingerprint density at radius 1 is 0.931 bits per heavy atom. The molecule has 0 saturated heterocycles. The minimum Gasteiger partial charge on any atom is -0.484 e. The molecule has 3 aromatic rings. The van der Waals surface area contributed by atoms with E-state index < -0.39 is 35.9 Å². The maximum absolute atomic E-state index is 14.3. The summed E-state index contributed by atoms with van der Waals surface area (Å²) in [5, 5.41) is 2.32. The number of rotatable bonds is 5. The van der Waals surface area contributed by atoms with Gasteiger partial charge in [0.25, 0.3) is 5.91 Å². The maximum atomic E-state index is 14.3. The molecule has 0 radical (unpaired) electrons. The van der Waals surface area contributed by atoms with Gasteiger partial charge in [0.05, 0.1) is 11.3 Å². The van der Waals surface area contributed by atoms with Gasteiger partial charge in [0.2, 0.25) is 0 Å². The van der Waals surface area contributed by atoms with Crippen LogP contribution in [0.3, 0.4) is 0 Å². The van der Waals surface area contributed by atoms with Gasteiger partial charge in [-0.1, -0.05) is 30.3 Å². The monoisotopic (exact) mass is 407 g/mol. The summed E-state index contributed by atoms with van der Waals surface area (Å²) in [6, 6.07) is 13.9. The van der Waals surface area contributed by atoms with Gasteiger partial charge in [-0.25, -0.2) is 8.78 Å². The second kappa shape index (κ2) is 8.30. The van der Waals surface area contributed by atoms with E-state index in [1.807, 2.05) is 0 Å². The number of hydrogen-bond acceptors (Lipinski definition) is 2. The second-order valence-electron chi connectivity index (χ2n) is 6.04. The standard InChI is InChI=1S/C21H14F5NO2/c22-15-10-17(13-4-2-1-3-5-13)20(18(23)11-15)27-19(28)12-29-16-8-6-14(7-9-16)21(24,25)26/h1-11H,12H2,(H,27,28). The summed E-state index contributed by atoms with van der Waals surface area (Å²) < 4.78 is 70.7. The van der Waals surface area contributed by atoms with Crippen LogP contribution in [0.25, 0.3) is 11.1 Å². The van der Waals surface area contributed by atoms with Gasteiger partial charge in [-0.2, -0.15) is 13.2 Å². The largest absolute Gasteiger partial charge is 0.484 e. The fraction of sp³-hybridized carbons (Fsp3) is 0.0952. The van der Waals surface area contributed by atoms with E-state index in [0.29, 0.717) is 11.6 Å². The molecule has 0 saturated carbocycles. The van der Waals surface area contributed by atoms with Crippen LogP contribution in [0.5, 0.6) is 5.75 Å². The Morgan fingerprint density at radius 3 is 2.21 bits per heavy atom. The van der Waals surface area contributed by atoms with Gasteiger partial charge in [0.15, 0.2) is 6.61 Å². The molecule has 0 aliphatic heterocycles. The molecular formula is C21H14F5NO2. The molecule has 3 nitrogen and oxygen atoms in total. The van der Waals surface area contributed by atoms with Gasteiger partial charge in [-0.3, -0.25) is 4.79 Å². The predicted octanol–water partition coefficient (Wildman–Crippen LogP) is 5.67. The molecular weight excluding hydrogens is 393 g/mol. The Bertz CT molecular complexity index is 1000. The minimum absolute atomic E-state index is 0.0380. The third-order valence-corrected chi connectivity index (χ3v) is 3.96. The molecule has 8 heteroatoms. The molecule has 150 valence electrons. The van der Waals surface area contributed by atoms with Crippen LogP contribution in [0.1, 0.15) is 5.56 Å². The molecule has 0 bridgehead atoms. The number of carbonyl (C=O) groups excluding carboxylic acids is 1. The summed E-state index contributed by atoms with van der Waals surface area (Å²) >= 11 is 0. The van der Waals surface area contributed by atoms with Crippen molar-refractivity contribution in [3.05, 3.63) is 83.9 Å².